The molecular formula is C27H42N6O. The molecule has 7 nitrogen and oxygen atoms in total. The predicted octanol–water partition coefficient (Wildman–Crippen LogP) is 3.63. The zero-order chi connectivity index (χ0) is 23.3. The minimum absolute atomic E-state index is 0.0277. The molecule has 2 aromatic rings. The van der Waals surface area contributed by atoms with Crippen molar-refractivity contribution in [3.63, 3.8) is 0 Å². The first-order valence-corrected chi connectivity index (χ1v) is 13.6. The Labute approximate surface area is 204 Å². The van der Waals surface area contributed by atoms with Crippen LogP contribution in [-0.4, -0.2) is 83.9 Å². The van der Waals surface area contributed by atoms with Gasteiger partial charge >= 0.3 is 0 Å². The molecule has 0 atom stereocenters. The minimum atomic E-state index is -0.0277. The molecule has 0 aliphatic carbocycles. The summed E-state index contributed by atoms with van der Waals surface area (Å²) in [6, 6.07) is 6.75. The maximum absolute atomic E-state index is 13.2. The van der Waals surface area contributed by atoms with E-state index in [1.165, 1.54) is 70.3 Å². The van der Waals surface area contributed by atoms with E-state index in [0.717, 1.165) is 56.5 Å². The van der Waals surface area contributed by atoms with E-state index in [1.807, 2.05) is 11.7 Å². The van der Waals surface area contributed by atoms with Crippen LogP contribution in [0.1, 0.15) is 68.3 Å². The normalized spacial score (nSPS) is 21.6. The molecule has 1 aromatic carbocycles. The molecule has 7 heteroatoms. The summed E-state index contributed by atoms with van der Waals surface area (Å²) in [4.78, 5) is 20.8. The fourth-order valence-corrected chi connectivity index (χ4v) is 5.96. The van der Waals surface area contributed by atoms with Crippen molar-refractivity contribution in [3.05, 3.63) is 23.9 Å². The van der Waals surface area contributed by atoms with Crippen LogP contribution in [0.4, 0.5) is 5.69 Å². The van der Waals surface area contributed by atoms with E-state index in [9.17, 15) is 4.79 Å². The summed E-state index contributed by atoms with van der Waals surface area (Å²) in [6.07, 6.45) is 11.3. The number of hydrogen-bond acceptors (Lipinski definition) is 5. The first kappa shape index (κ1) is 23.6. The van der Waals surface area contributed by atoms with Crippen molar-refractivity contribution in [3.8, 4) is 0 Å². The molecule has 5 rings (SSSR count). The number of carbonyl (C=O) groups is 1. The van der Waals surface area contributed by atoms with Crippen LogP contribution in [0.25, 0.3) is 10.9 Å². The zero-order valence-electron chi connectivity index (χ0n) is 21.0. The van der Waals surface area contributed by atoms with Crippen LogP contribution < -0.4 is 10.2 Å². The number of rotatable bonds is 6. The summed E-state index contributed by atoms with van der Waals surface area (Å²) in [5.74, 6) is -0.0277. The number of amides is 1. The number of nitrogens with zero attached hydrogens (tertiary/aromatic N) is 5. The van der Waals surface area contributed by atoms with Crippen molar-refractivity contribution in [2.45, 2.75) is 63.8 Å². The highest BCUT2D eigenvalue weighted by Gasteiger charge is 2.24. The molecule has 3 aliphatic rings. The zero-order valence-corrected chi connectivity index (χ0v) is 21.0. The smallest absolute Gasteiger partial charge is 0.272 e. The predicted molar refractivity (Wildman–Crippen MR) is 139 cm³/mol. The highest BCUT2D eigenvalue weighted by molar-refractivity contribution is 6.05. The van der Waals surface area contributed by atoms with Gasteiger partial charge in [-0.2, -0.15) is 5.10 Å². The largest absolute Gasteiger partial charge is 0.371 e. The third-order valence-electron chi connectivity index (χ3n) is 8.13. The van der Waals surface area contributed by atoms with E-state index in [-0.39, 0.29) is 11.9 Å². The first-order valence-electron chi connectivity index (χ1n) is 13.6. The first-order chi connectivity index (χ1) is 16.7. The van der Waals surface area contributed by atoms with Crippen molar-refractivity contribution in [2.75, 3.05) is 57.3 Å². The molecule has 1 N–H and O–H groups in total. The number of piperidine rings is 1. The van der Waals surface area contributed by atoms with Gasteiger partial charge in [0, 0.05) is 63.4 Å². The van der Waals surface area contributed by atoms with E-state index >= 15 is 0 Å². The quantitative estimate of drug-likeness (QED) is 0.705. The molecule has 0 bridgehead atoms. The number of anilines is 1. The fourth-order valence-electron chi connectivity index (χ4n) is 5.96. The third kappa shape index (κ3) is 5.57. The van der Waals surface area contributed by atoms with Gasteiger partial charge in [0.2, 0.25) is 0 Å². The maximum atomic E-state index is 13.2. The van der Waals surface area contributed by atoms with Gasteiger partial charge in [-0.05, 0) is 69.8 Å². The molecular weight excluding hydrogens is 424 g/mol. The second kappa shape index (κ2) is 11.1. The van der Waals surface area contributed by atoms with Crippen molar-refractivity contribution in [1.29, 1.82) is 0 Å². The molecule has 3 fully saturated rings. The Morgan fingerprint density at radius 2 is 1.50 bits per heavy atom. The Hall–Kier alpha value is -2.12. The average Bonchev–Trinajstić information content (AvgIpc) is 3.46. The van der Waals surface area contributed by atoms with E-state index < -0.39 is 0 Å². The summed E-state index contributed by atoms with van der Waals surface area (Å²) in [5.41, 5.74) is 2.86. The Bertz CT molecular complexity index is 949. The molecule has 0 radical (unpaired) electrons. The van der Waals surface area contributed by atoms with Gasteiger partial charge in [-0.15, -0.1) is 0 Å². The minimum Gasteiger partial charge on any atom is -0.371 e. The molecule has 1 amide bonds. The summed E-state index contributed by atoms with van der Waals surface area (Å²) in [7, 11) is 1.95. The molecule has 34 heavy (non-hydrogen) atoms. The van der Waals surface area contributed by atoms with Gasteiger partial charge in [-0.3, -0.25) is 9.48 Å². The Morgan fingerprint density at radius 3 is 2.21 bits per heavy atom. The number of nitrogens with one attached hydrogen (secondary N) is 1. The number of hydrogen-bond donors (Lipinski definition) is 1. The van der Waals surface area contributed by atoms with Crippen LogP contribution in [0.2, 0.25) is 0 Å². The van der Waals surface area contributed by atoms with Crippen LogP contribution in [-0.2, 0) is 7.05 Å². The van der Waals surface area contributed by atoms with E-state index in [2.05, 4.69) is 43.3 Å². The van der Waals surface area contributed by atoms with Gasteiger partial charge < -0.3 is 20.0 Å². The summed E-state index contributed by atoms with van der Waals surface area (Å²) in [6.45, 7) is 9.26. The molecule has 3 aliphatic heterocycles. The lowest BCUT2D eigenvalue weighted by Crippen LogP contribution is -2.46. The van der Waals surface area contributed by atoms with Crippen molar-refractivity contribution < 1.29 is 4.79 Å². The van der Waals surface area contributed by atoms with Crippen molar-refractivity contribution in [2.24, 2.45) is 7.05 Å². The Morgan fingerprint density at radius 1 is 0.882 bits per heavy atom. The van der Waals surface area contributed by atoms with Gasteiger partial charge in [0.25, 0.3) is 5.91 Å². The van der Waals surface area contributed by atoms with Gasteiger partial charge in [0.15, 0.2) is 5.69 Å². The highest BCUT2D eigenvalue weighted by Crippen LogP contribution is 2.26. The van der Waals surface area contributed by atoms with Crippen molar-refractivity contribution in [1.82, 2.24) is 24.9 Å². The lowest BCUT2D eigenvalue weighted by molar-refractivity contribution is 0.0904. The molecule has 4 heterocycles. The van der Waals surface area contributed by atoms with Crippen LogP contribution in [0.3, 0.4) is 0 Å². The van der Waals surface area contributed by atoms with Crippen LogP contribution in [0.15, 0.2) is 18.2 Å². The number of fused-ring (bicyclic) bond motifs is 1. The number of aryl methyl sites for hydroxylation is 1. The van der Waals surface area contributed by atoms with Crippen LogP contribution in [0, 0.1) is 0 Å². The number of benzene rings is 1. The van der Waals surface area contributed by atoms with E-state index in [4.69, 9.17) is 0 Å². The van der Waals surface area contributed by atoms with Gasteiger partial charge in [0.1, 0.15) is 0 Å². The molecule has 186 valence electrons. The molecule has 0 saturated carbocycles. The van der Waals surface area contributed by atoms with Gasteiger partial charge in [-0.25, -0.2) is 0 Å². The van der Waals surface area contributed by atoms with Gasteiger partial charge in [0.05, 0.1) is 5.52 Å². The standard InChI is InChI=1S/C27H42N6O/c1-30-25-21-23(33-15-5-3-2-4-6-16-33)9-10-24(25)26(29-30)27(34)28-22-11-17-32(18-12-22)20-19-31-13-7-8-14-31/h9-10,21-22H,2-8,11-20H2,1H3,(H,28,34). The molecule has 0 spiro atoms. The molecule has 0 unspecified atom stereocenters. The number of likely N-dealkylation sites (tertiary alicyclic amines) is 2. The lowest BCUT2D eigenvalue weighted by atomic mass is 10.0. The van der Waals surface area contributed by atoms with Gasteiger partial charge in [-0.1, -0.05) is 19.3 Å². The van der Waals surface area contributed by atoms with Crippen LogP contribution >= 0.6 is 0 Å². The van der Waals surface area contributed by atoms with Crippen LogP contribution in [0.5, 0.6) is 0 Å². The second-order valence-electron chi connectivity index (χ2n) is 10.6. The Kier molecular flexibility index (Phi) is 7.70. The average molecular weight is 467 g/mol. The number of carbonyl (C=O) groups excluding carboxylic acids is 1. The third-order valence-corrected chi connectivity index (χ3v) is 8.13. The summed E-state index contributed by atoms with van der Waals surface area (Å²) >= 11 is 0. The summed E-state index contributed by atoms with van der Waals surface area (Å²) < 4.78 is 1.87. The second-order valence-corrected chi connectivity index (χ2v) is 10.6. The maximum Gasteiger partial charge on any atom is 0.272 e. The highest BCUT2D eigenvalue weighted by atomic mass is 16.2. The van der Waals surface area contributed by atoms with E-state index in [0.29, 0.717) is 5.69 Å². The van der Waals surface area contributed by atoms with E-state index in [1.54, 1.807) is 0 Å². The topological polar surface area (TPSA) is 56.6 Å². The molecule has 3 saturated heterocycles. The lowest BCUT2D eigenvalue weighted by Gasteiger charge is -2.33. The summed E-state index contributed by atoms with van der Waals surface area (Å²) in [5, 5.41) is 8.88. The Balaban J connectivity index is 1.18. The van der Waals surface area contributed by atoms with Crippen molar-refractivity contribution >= 4 is 22.5 Å². The fraction of sp³-hybridized carbons (Fsp3) is 0.704. The molecule has 1 aromatic heterocycles. The SMILES string of the molecule is Cn1nc(C(=O)NC2CCN(CCN3CCCC3)CC2)c2ccc(N3CCCCCCC3)cc21. The monoisotopic (exact) mass is 466 g/mol. The number of aromatic nitrogens is 2.